The molecule has 2 aromatic rings. The number of hydrogen-bond acceptors (Lipinski definition) is 3. The van der Waals surface area contributed by atoms with Crippen molar-refractivity contribution in [1.29, 1.82) is 0 Å². The number of rotatable bonds is 4. The lowest BCUT2D eigenvalue weighted by molar-refractivity contribution is 0.222. The largest absolute Gasteiger partial charge is 0.370 e. The Bertz CT molecular complexity index is 746. The molecule has 0 aliphatic carbocycles. The van der Waals surface area contributed by atoms with Crippen LogP contribution in [0.2, 0.25) is 0 Å². The van der Waals surface area contributed by atoms with Gasteiger partial charge >= 0.3 is 6.03 Å². The number of anilines is 2. The maximum atomic E-state index is 12.1. The van der Waals surface area contributed by atoms with Gasteiger partial charge in [0.2, 0.25) is 0 Å². The number of carbonyl (C=O) groups is 1. The average Bonchev–Trinajstić information content (AvgIpc) is 3.16. The van der Waals surface area contributed by atoms with Gasteiger partial charge in [-0.15, -0.1) is 24.0 Å². The molecule has 0 saturated carbocycles. The number of hydrogen-bond donors (Lipinski definition) is 3. The second-order valence-corrected chi connectivity index (χ2v) is 5.87. The lowest BCUT2D eigenvalue weighted by atomic mass is 10.2. The molecule has 8 heteroatoms. The van der Waals surface area contributed by atoms with Crippen molar-refractivity contribution in [3.8, 4) is 0 Å². The molecule has 4 N–H and O–H groups in total. The maximum absolute atomic E-state index is 12.1. The van der Waals surface area contributed by atoms with Crippen LogP contribution in [0.1, 0.15) is 18.4 Å². The van der Waals surface area contributed by atoms with E-state index >= 15 is 0 Å². The molecule has 1 saturated heterocycles. The van der Waals surface area contributed by atoms with Crippen molar-refractivity contribution in [2.75, 3.05) is 23.7 Å². The molecule has 3 rings (SSSR count). The third-order valence-electron chi connectivity index (χ3n) is 3.92. The number of nitrogens with one attached hydrogen (secondary N) is 2. The summed E-state index contributed by atoms with van der Waals surface area (Å²) >= 11 is 0. The molecule has 0 unspecified atom stereocenters. The van der Waals surface area contributed by atoms with E-state index in [1.807, 2.05) is 47.4 Å². The van der Waals surface area contributed by atoms with Crippen molar-refractivity contribution < 1.29 is 4.79 Å². The zero-order chi connectivity index (χ0) is 17.5. The van der Waals surface area contributed by atoms with Crippen LogP contribution in [0.4, 0.5) is 16.3 Å². The first-order valence-corrected chi connectivity index (χ1v) is 8.33. The summed E-state index contributed by atoms with van der Waals surface area (Å²) in [5.74, 6) is 0.945. The monoisotopic (exact) mass is 466 g/mol. The van der Waals surface area contributed by atoms with E-state index in [4.69, 9.17) is 5.73 Å². The highest BCUT2D eigenvalue weighted by atomic mass is 127. The summed E-state index contributed by atoms with van der Waals surface area (Å²) in [6.07, 6.45) is 3.83. The first-order chi connectivity index (χ1) is 12.2. The number of amides is 2. The fourth-order valence-corrected chi connectivity index (χ4v) is 2.65. The summed E-state index contributed by atoms with van der Waals surface area (Å²) < 4.78 is 0. The van der Waals surface area contributed by atoms with Crippen LogP contribution in [0.25, 0.3) is 0 Å². The third kappa shape index (κ3) is 5.87. The van der Waals surface area contributed by atoms with Crippen molar-refractivity contribution in [2.45, 2.75) is 19.4 Å². The first-order valence-electron chi connectivity index (χ1n) is 8.33. The Kier molecular flexibility index (Phi) is 7.64. The Balaban J connectivity index is 0.00000243. The number of guanidine groups is 1. The van der Waals surface area contributed by atoms with E-state index in [-0.39, 0.29) is 30.0 Å². The van der Waals surface area contributed by atoms with Gasteiger partial charge in [0, 0.05) is 25.0 Å². The van der Waals surface area contributed by atoms with Crippen LogP contribution in [0.5, 0.6) is 0 Å². The number of pyridine rings is 1. The van der Waals surface area contributed by atoms with Crippen LogP contribution in [0, 0.1) is 0 Å². The van der Waals surface area contributed by atoms with Gasteiger partial charge in [-0.1, -0.05) is 18.2 Å². The number of likely N-dealkylation sites (tertiary alicyclic amines) is 1. The van der Waals surface area contributed by atoms with Gasteiger partial charge in [-0.2, -0.15) is 0 Å². The second kappa shape index (κ2) is 9.95. The van der Waals surface area contributed by atoms with Gasteiger partial charge in [0.15, 0.2) is 5.96 Å². The van der Waals surface area contributed by atoms with Gasteiger partial charge in [0.1, 0.15) is 5.82 Å². The quantitative estimate of drug-likeness (QED) is 0.366. The van der Waals surface area contributed by atoms with Crippen molar-refractivity contribution in [3.05, 3.63) is 54.2 Å². The zero-order valence-corrected chi connectivity index (χ0v) is 16.7. The molecular formula is C18H23IN6O. The molecule has 1 aliphatic heterocycles. The summed E-state index contributed by atoms with van der Waals surface area (Å²) in [4.78, 5) is 22.4. The molecule has 1 aromatic heterocycles. The summed E-state index contributed by atoms with van der Waals surface area (Å²) in [6.45, 7) is 2.07. The number of nitrogens with zero attached hydrogens (tertiary/aromatic N) is 3. The van der Waals surface area contributed by atoms with Gasteiger partial charge in [0.05, 0.1) is 6.54 Å². The highest BCUT2D eigenvalue weighted by Crippen LogP contribution is 2.14. The summed E-state index contributed by atoms with van der Waals surface area (Å²) in [5, 5.41) is 5.87. The maximum Gasteiger partial charge on any atom is 0.321 e. The molecule has 1 fully saturated rings. The Morgan fingerprint density at radius 1 is 1.15 bits per heavy atom. The number of carbonyl (C=O) groups excluding carboxylic acids is 1. The molecule has 7 nitrogen and oxygen atoms in total. The number of aromatic nitrogens is 1. The number of urea groups is 1. The van der Waals surface area contributed by atoms with Gasteiger partial charge in [0.25, 0.3) is 0 Å². The van der Waals surface area contributed by atoms with Crippen LogP contribution in [0.3, 0.4) is 0 Å². The lowest BCUT2D eigenvalue weighted by Gasteiger charge is -2.16. The second-order valence-electron chi connectivity index (χ2n) is 5.87. The number of aliphatic imine (C=N–C) groups is 1. The van der Waals surface area contributed by atoms with E-state index in [9.17, 15) is 4.79 Å². The van der Waals surface area contributed by atoms with Crippen LogP contribution >= 0.6 is 24.0 Å². The number of halogens is 1. The first kappa shape index (κ1) is 20.0. The topological polar surface area (TPSA) is 95.6 Å². The SMILES string of the molecule is I.NC(=NCc1cccc(NC(=O)N2CCCC2)c1)Nc1ccccn1. The van der Waals surface area contributed by atoms with Crippen molar-refractivity contribution in [3.63, 3.8) is 0 Å². The molecule has 2 amide bonds. The standard InChI is InChI=1S/C18H22N6O.HI/c19-17(23-16-8-1-2-9-20-16)21-13-14-6-5-7-15(12-14)22-18(25)24-10-3-4-11-24;/h1-2,5-9,12H,3-4,10-11,13H2,(H,22,25)(H3,19,20,21,23);1H. The van der Waals surface area contributed by atoms with Gasteiger partial charge in [-0.25, -0.2) is 14.8 Å². The molecular weight excluding hydrogens is 443 g/mol. The minimum Gasteiger partial charge on any atom is -0.370 e. The highest BCUT2D eigenvalue weighted by Gasteiger charge is 2.17. The van der Waals surface area contributed by atoms with Gasteiger partial charge < -0.3 is 21.3 Å². The minimum atomic E-state index is -0.0468. The van der Waals surface area contributed by atoms with E-state index in [1.54, 1.807) is 6.20 Å². The fraction of sp³-hybridized carbons (Fsp3) is 0.278. The predicted molar refractivity (Wildman–Crippen MR) is 115 cm³/mol. The van der Waals surface area contributed by atoms with Gasteiger partial charge in [-0.3, -0.25) is 0 Å². The van der Waals surface area contributed by atoms with E-state index < -0.39 is 0 Å². The molecule has 0 spiro atoms. The molecule has 26 heavy (non-hydrogen) atoms. The molecule has 0 atom stereocenters. The van der Waals surface area contributed by atoms with Crippen molar-refractivity contribution in [1.82, 2.24) is 9.88 Å². The number of benzene rings is 1. The lowest BCUT2D eigenvalue weighted by Crippen LogP contribution is -2.32. The Labute approximate surface area is 170 Å². The molecule has 0 radical (unpaired) electrons. The molecule has 1 aliphatic rings. The van der Waals surface area contributed by atoms with Crippen molar-refractivity contribution in [2.24, 2.45) is 10.7 Å². The Morgan fingerprint density at radius 2 is 1.96 bits per heavy atom. The van der Waals surface area contributed by atoms with E-state index in [2.05, 4.69) is 20.6 Å². The zero-order valence-electron chi connectivity index (χ0n) is 14.4. The molecule has 138 valence electrons. The number of nitrogens with two attached hydrogens (primary N) is 1. The Hall–Kier alpha value is -2.36. The Morgan fingerprint density at radius 3 is 2.69 bits per heavy atom. The summed E-state index contributed by atoms with van der Waals surface area (Å²) in [6, 6.07) is 13.1. The molecule has 1 aromatic carbocycles. The van der Waals surface area contributed by atoms with Crippen LogP contribution in [0.15, 0.2) is 53.7 Å². The average molecular weight is 466 g/mol. The summed E-state index contributed by atoms with van der Waals surface area (Å²) in [5.41, 5.74) is 7.61. The van der Waals surface area contributed by atoms with E-state index in [1.165, 1.54) is 0 Å². The highest BCUT2D eigenvalue weighted by molar-refractivity contribution is 14.0. The van der Waals surface area contributed by atoms with Crippen molar-refractivity contribution >= 4 is 47.5 Å². The van der Waals surface area contributed by atoms with Gasteiger partial charge in [-0.05, 0) is 42.7 Å². The molecule has 2 heterocycles. The third-order valence-corrected chi connectivity index (χ3v) is 3.92. The molecule has 0 bridgehead atoms. The van der Waals surface area contributed by atoms with E-state index in [0.717, 1.165) is 37.2 Å². The van der Waals surface area contributed by atoms with Crippen LogP contribution in [-0.4, -0.2) is 35.0 Å². The normalized spacial score (nSPS) is 13.8. The van der Waals surface area contributed by atoms with E-state index in [0.29, 0.717) is 18.3 Å². The smallest absolute Gasteiger partial charge is 0.321 e. The fourth-order valence-electron chi connectivity index (χ4n) is 2.65. The summed E-state index contributed by atoms with van der Waals surface area (Å²) in [7, 11) is 0. The van der Waals surface area contributed by atoms with Crippen LogP contribution in [-0.2, 0) is 6.54 Å². The van der Waals surface area contributed by atoms with Crippen LogP contribution < -0.4 is 16.4 Å². The predicted octanol–water partition coefficient (Wildman–Crippen LogP) is 3.25. The minimum absolute atomic E-state index is 0.